The van der Waals surface area contributed by atoms with E-state index < -0.39 is 0 Å². The standard InChI is InChI=1S/C14H16BrClN2O2/c15-10-5-9(6-11(16)7-10)14(20)18-12-3-1-8(2-4-12)13(17)19/h5-8,12H,1-4H2,(H2,17,19)(H,18,20). The number of halogens is 2. The predicted octanol–water partition coefficient (Wildman–Crippen LogP) is 2.88. The molecule has 2 amide bonds. The van der Waals surface area contributed by atoms with E-state index in [-0.39, 0.29) is 23.8 Å². The van der Waals surface area contributed by atoms with Crippen molar-refractivity contribution in [1.29, 1.82) is 0 Å². The van der Waals surface area contributed by atoms with Gasteiger partial charge in [0.05, 0.1) is 0 Å². The van der Waals surface area contributed by atoms with E-state index in [9.17, 15) is 9.59 Å². The third-order valence-corrected chi connectivity index (χ3v) is 4.27. The molecule has 108 valence electrons. The Morgan fingerprint density at radius 2 is 1.85 bits per heavy atom. The fourth-order valence-electron chi connectivity index (χ4n) is 2.48. The van der Waals surface area contributed by atoms with Gasteiger partial charge in [0.2, 0.25) is 5.91 Å². The van der Waals surface area contributed by atoms with E-state index in [4.69, 9.17) is 17.3 Å². The summed E-state index contributed by atoms with van der Waals surface area (Å²) in [4.78, 5) is 23.2. The SMILES string of the molecule is NC(=O)C1CCC(NC(=O)c2cc(Cl)cc(Br)c2)CC1. The molecule has 3 N–H and O–H groups in total. The van der Waals surface area contributed by atoms with Gasteiger partial charge >= 0.3 is 0 Å². The molecule has 1 saturated carbocycles. The van der Waals surface area contributed by atoms with Crippen molar-refractivity contribution in [3.05, 3.63) is 33.3 Å². The van der Waals surface area contributed by atoms with Gasteiger partial charge in [-0.15, -0.1) is 0 Å². The van der Waals surface area contributed by atoms with Gasteiger partial charge in [0.15, 0.2) is 0 Å². The van der Waals surface area contributed by atoms with Crippen LogP contribution in [0.5, 0.6) is 0 Å². The lowest BCUT2D eigenvalue weighted by Crippen LogP contribution is -2.39. The molecule has 0 atom stereocenters. The van der Waals surface area contributed by atoms with Gasteiger partial charge < -0.3 is 11.1 Å². The van der Waals surface area contributed by atoms with Gasteiger partial charge in [0.25, 0.3) is 5.91 Å². The second kappa shape index (κ2) is 6.59. The number of carbonyl (C=O) groups is 2. The molecule has 4 nitrogen and oxygen atoms in total. The Kier molecular flexibility index (Phi) is 5.05. The Bertz CT molecular complexity index is 508. The largest absolute Gasteiger partial charge is 0.369 e. The maximum absolute atomic E-state index is 12.2. The number of primary amides is 1. The van der Waals surface area contributed by atoms with Gasteiger partial charge in [-0.2, -0.15) is 0 Å². The highest BCUT2D eigenvalue weighted by Crippen LogP contribution is 2.25. The van der Waals surface area contributed by atoms with Crippen molar-refractivity contribution < 1.29 is 9.59 Å². The van der Waals surface area contributed by atoms with Crippen LogP contribution in [0.2, 0.25) is 5.02 Å². The Morgan fingerprint density at radius 3 is 2.40 bits per heavy atom. The quantitative estimate of drug-likeness (QED) is 0.871. The van der Waals surface area contributed by atoms with Gasteiger partial charge in [-0.3, -0.25) is 9.59 Å². The summed E-state index contributed by atoms with van der Waals surface area (Å²) in [6.07, 6.45) is 3.03. The third-order valence-electron chi connectivity index (χ3n) is 3.59. The van der Waals surface area contributed by atoms with E-state index in [1.807, 2.05) is 0 Å². The van der Waals surface area contributed by atoms with E-state index in [0.717, 1.165) is 30.2 Å². The molecule has 2 rings (SSSR count). The van der Waals surface area contributed by atoms with Crippen LogP contribution in [0.3, 0.4) is 0 Å². The van der Waals surface area contributed by atoms with E-state index >= 15 is 0 Å². The zero-order valence-electron chi connectivity index (χ0n) is 10.9. The molecule has 6 heteroatoms. The summed E-state index contributed by atoms with van der Waals surface area (Å²) in [5.41, 5.74) is 5.82. The Morgan fingerprint density at radius 1 is 1.20 bits per heavy atom. The summed E-state index contributed by atoms with van der Waals surface area (Å²) < 4.78 is 0.771. The highest BCUT2D eigenvalue weighted by atomic mass is 79.9. The fraction of sp³-hybridized carbons (Fsp3) is 0.429. The molecule has 0 aromatic heterocycles. The summed E-state index contributed by atoms with van der Waals surface area (Å²) >= 11 is 9.24. The normalized spacial score (nSPS) is 22.3. The first kappa shape index (κ1) is 15.3. The van der Waals surface area contributed by atoms with Crippen molar-refractivity contribution >= 4 is 39.3 Å². The monoisotopic (exact) mass is 358 g/mol. The molecule has 0 radical (unpaired) electrons. The van der Waals surface area contributed by atoms with E-state index in [1.165, 1.54) is 0 Å². The van der Waals surface area contributed by atoms with Crippen LogP contribution >= 0.6 is 27.5 Å². The Hall–Kier alpha value is -1.07. The minimum atomic E-state index is -0.242. The molecule has 20 heavy (non-hydrogen) atoms. The molecule has 1 aromatic rings. The Labute approximate surface area is 131 Å². The average molecular weight is 360 g/mol. The maximum atomic E-state index is 12.2. The molecule has 0 spiro atoms. The van der Waals surface area contributed by atoms with Crippen LogP contribution < -0.4 is 11.1 Å². The van der Waals surface area contributed by atoms with Crippen molar-refractivity contribution in [2.75, 3.05) is 0 Å². The smallest absolute Gasteiger partial charge is 0.251 e. The van der Waals surface area contributed by atoms with E-state index in [2.05, 4.69) is 21.2 Å². The number of carbonyl (C=O) groups excluding carboxylic acids is 2. The van der Waals surface area contributed by atoms with Crippen LogP contribution in [0.15, 0.2) is 22.7 Å². The second-order valence-corrected chi connectivity index (χ2v) is 6.43. The molecule has 1 aliphatic carbocycles. The molecule has 0 heterocycles. The number of hydrogen-bond acceptors (Lipinski definition) is 2. The lowest BCUT2D eigenvalue weighted by molar-refractivity contribution is -0.122. The minimum Gasteiger partial charge on any atom is -0.369 e. The number of nitrogens with one attached hydrogen (secondary N) is 1. The summed E-state index contributed by atoms with van der Waals surface area (Å²) in [7, 11) is 0. The molecule has 1 fully saturated rings. The number of rotatable bonds is 3. The highest BCUT2D eigenvalue weighted by Gasteiger charge is 2.25. The molecule has 1 aliphatic rings. The highest BCUT2D eigenvalue weighted by molar-refractivity contribution is 9.10. The van der Waals surface area contributed by atoms with Crippen LogP contribution in [0.1, 0.15) is 36.0 Å². The van der Waals surface area contributed by atoms with Gasteiger partial charge in [-0.1, -0.05) is 27.5 Å². The summed E-state index contributed by atoms with van der Waals surface area (Å²) in [5, 5.41) is 3.49. The van der Waals surface area contributed by atoms with Crippen molar-refractivity contribution in [2.45, 2.75) is 31.7 Å². The van der Waals surface area contributed by atoms with Crippen LogP contribution in [-0.4, -0.2) is 17.9 Å². The number of amides is 2. The first-order valence-corrected chi connectivity index (χ1v) is 7.69. The average Bonchev–Trinajstić information content (AvgIpc) is 2.38. The number of nitrogens with two attached hydrogens (primary N) is 1. The van der Waals surface area contributed by atoms with Gasteiger partial charge in [0, 0.05) is 27.0 Å². The van der Waals surface area contributed by atoms with Crippen molar-refractivity contribution in [3.63, 3.8) is 0 Å². The second-order valence-electron chi connectivity index (χ2n) is 5.08. The van der Waals surface area contributed by atoms with Crippen LogP contribution in [0.4, 0.5) is 0 Å². The first-order valence-electron chi connectivity index (χ1n) is 6.52. The molecular weight excluding hydrogens is 344 g/mol. The number of hydrogen-bond donors (Lipinski definition) is 2. The molecule has 0 bridgehead atoms. The fourth-order valence-corrected chi connectivity index (χ4v) is 3.34. The van der Waals surface area contributed by atoms with Gasteiger partial charge in [-0.05, 0) is 43.9 Å². The van der Waals surface area contributed by atoms with Gasteiger partial charge in [0.1, 0.15) is 0 Å². The van der Waals surface area contributed by atoms with Crippen LogP contribution in [0.25, 0.3) is 0 Å². The van der Waals surface area contributed by atoms with Crippen molar-refractivity contribution in [2.24, 2.45) is 11.7 Å². The lowest BCUT2D eigenvalue weighted by atomic mass is 9.85. The van der Waals surface area contributed by atoms with Gasteiger partial charge in [-0.25, -0.2) is 0 Å². The van der Waals surface area contributed by atoms with Crippen LogP contribution in [-0.2, 0) is 4.79 Å². The summed E-state index contributed by atoms with van der Waals surface area (Å²) in [6.45, 7) is 0. The van der Waals surface area contributed by atoms with Crippen molar-refractivity contribution in [3.8, 4) is 0 Å². The van der Waals surface area contributed by atoms with Crippen LogP contribution in [0, 0.1) is 5.92 Å². The Balaban J connectivity index is 1.94. The zero-order valence-corrected chi connectivity index (χ0v) is 13.2. The molecular formula is C14H16BrClN2O2. The lowest BCUT2D eigenvalue weighted by Gasteiger charge is -2.27. The maximum Gasteiger partial charge on any atom is 0.251 e. The van der Waals surface area contributed by atoms with Crippen molar-refractivity contribution in [1.82, 2.24) is 5.32 Å². The first-order chi connectivity index (χ1) is 9.45. The summed E-state index contributed by atoms with van der Waals surface area (Å²) in [6, 6.07) is 5.19. The zero-order chi connectivity index (χ0) is 14.7. The number of benzene rings is 1. The molecule has 0 aliphatic heterocycles. The minimum absolute atomic E-state index is 0.0523. The predicted molar refractivity (Wildman–Crippen MR) is 81.6 cm³/mol. The molecule has 0 unspecified atom stereocenters. The topological polar surface area (TPSA) is 72.2 Å². The summed E-state index contributed by atoms with van der Waals surface area (Å²) in [5.74, 6) is -0.437. The third kappa shape index (κ3) is 3.96. The van der Waals surface area contributed by atoms with E-state index in [1.54, 1.807) is 18.2 Å². The van der Waals surface area contributed by atoms with E-state index in [0.29, 0.717) is 10.6 Å². The molecule has 0 saturated heterocycles. The molecule has 1 aromatic carbocycles.